The molecule has 0 bridgehead atoms. The predicted octanol–water partition coefficient (Wildman–Crippen LogP) is 5.94. The molecule has 4 rings (SSSR count). The van der Waals surface area contributed by atoms with Gasteiger partial charge in [-0.25, -0.2) is 9.50 Å². The van der Waals surface area contributed by atoms with Gasteiger partial charge < -0.3 is 5.32 Å². The number of thioether (sulfide) groups is 1. The van der Waals surface area contributed by atoms with Gasteiger partial charge in [0.2, 0.25) is 5.91 Å². The number of hydrogen-bond donors (Lipinski definition) is 1. The number of nitrogens with one attached hydrogen (secondary N) is 1. The van der Waals surface area contributed by atoms with E-state index in [0.717, 1.165) is 33.2 Å². The van der Waals surface area contributed by atoms with E-state index in [1.165, 1.54) is 18.7 Å². The molecule has 0 aliphatic heterocycles. The Bertz CT molecular complexity index is 1350. The number of anilines is 1. The Labute approximate surface area is 203 Å². The maximum Gasteiger partial charge on any atom is 0.234 e. The molecule has 0 spiro atoms. The van der Waals surface area contributed by atoms with E-state index in [4.69, 9.17) is 10.1 Å². The minimum absolute atomic E-state index is 0.00539. The van der Waals surface area contributed by atoms with E-state index < -0.39 is 0 Å². The molecule has 2 heterocycles. The minimum atomic E-state index is -0.163. The second kappa shape index (κ2) is 9.43. The van der Waals surface area contributed by atoms with Crippen LogP contribution in [0.1, 0.15) is 49.4 Å². The van der Waals surface area contributed by atoms with E-state index in [0.29, 0.717) is 11.3 Å². The largest absolute Gasteiger partial charge is 0.325 e. The zero-order chi connectivity index (χ0) is 24.5. The van der Waals surface area contributed by atoms with Gasteiger partial charge in [-0.2, -0.15) is 5.10 Å². The van der Waals surface area contributed by atoms with Crippen molar-refractivity contribution in [1.82, 2.24) is 14.6 Å². The summed E-state index contributed by atoms with van der Waals surface area (Å²) in [4.78, 5) is 29.1. The van der Waals surface area contributed by atoms with Crippen LogP contribution in [0.25, 0.3) is 16.8 Å². The molecule has 6 nitrogen and oxygen atoms in total. The smallest absolute Gasteiger partial charge is 0.234 e. The average molecular weight is 473 g/mol. The minimum Gasteiger partial charge on any atom is -0.325 e. The summed E-state index contributed by atoms with van der Waals surface area (Å²) in [7, 11) is 0. The van der Waals surface area contributed by atoms with Crippen LogP contribution in [-0.4, -0.2) is 32.0 Å². The highest BCUT2D eigenvalue weighted by Gasteiger charge is 2.22. The molecule has 0 unspecified atom stereocenters. The summed E-state index contributed by atoms with van der Waals surface area (Å²) in [6.07, 6.45) is 0. The molecular weight excluding hydrogens is 444 g/mol. The Morgan fingerprint density at radius 3 is 2.32 bits per heavy atom. The summed E-state index contributed by atoms with van der Waals surface area (Å²) in [5.74, 6) is 0.0840. The van der Waals surface area contributed by atoms with Crippen molar-refractivity contribution >= 4 is 34.8 Å². The quantitative estimate of drug-likeness (QED) is 0.214. The lowest BCUT2D eigenvalue weighted by molar-refractivity contribution is -0.113. The molecule has 34 heavy (non-hydrogen) atoms. The molecule has 0 radical (unpaired) electrons. The van der Waals surface area contributed by atoms with Gasteiger partial charge in [0, 0.05) is 22.2 Å². The van der Waals surface area contributed by atoms with E-state index in [1.54, 1.807) is 24.3 Å². The average Bonchev–Trinajstić information content (AvgIpc) is 3.13. The first-order valence-electron chi connectivity index (χ1n) is 11.1. The van der Waals surface area contributed by atoms with Crippen LogP contribution < -0.4 is 5.32 Å². The Balaban J connectivity index is 1.64. The molecule has 2 aromatic carbocycles. The van der Waals surface area contributed by atoms with E-state index in [-0.39, 0.29) is 22.9 Å². The van der Waals surface area contributed by atoms with Crippen LogP contribution in [0.5, 0.6) is 0 Å². The molecule has 4 aromatic rings. The third-order valence-electron chi connectivity index (χ3n) is 5.49. The third kappa shape index (κ3) is 5.04. The van der Waals surface area contributed by atoms with E-state index >= 15 is 0 Å². The number of nitrogens with zero attached hydrogens (tertiary/aromatic N) is 3. The number of rotatable bonds is 6. The molecule has 7 heteroatoms. The summed E-state index contributed by atoms with van der Waals surface area (Å²) < 4.78 is 1.84. The van der Waals surface area contributed by atoms with Crippen LogP contribution in [-0.2, 0) is 10.2 Å². The van der Waals surface area contributed by atoms with Gasteiger partial charge in [-0.3, -0.25) is 9.59 Å². The standard InChI is InChI=1S/C27H28N4O2S/c1-17-25(20-9-7-6-8-10-20)26-29-22(27(3,4)5)15-24(31(26)30-17)34-16-23(33)28-21-13-11-19(12-14-21)18(2)32/h6-15H,16H2,1-5H3,(H,28,33). The molecule has 0 fully saturated rings. The van der Waals surface area contributed by atoms with E-state index in [9.17, 15) is 9.59 Å². The van der Waals surface area contributed by atoms with Crippen LogP contribution in [0.2, 0.25) is 0 Å². The highest BCUT2D eigenvalue weighted by atomic mass is 32.2. The molecule has 0 saturated heterocycles. The van der Waals surface area contributed by atoms with Crippen LogP contribution in [0.15, 0.2) is 65.7 Å². The van der Waals surface area contributed by atoms with Gasteiger partial charge >= 0.3 is 0 Å². The van der Waals surface area contributed by atoms with Crippen LogP contribution in [0.4, 0.5) is 5.69 Å². The normalized spacial score (nSPS) is 11.6. The van der Waals surface area contributed by atoms with Crippen molar-refractivity contribution in [3.63, 3.8) is 0 Å². The molecule has 0 aliphatic carbocycles. The third-order valence-corrected chi connectivity index (χ3v) is 6.48. The molecule has 0 saturated carbocycles. The number of Topliss-reactive ketones (excluding diaryl/α,β-unsaturated/α-hetero) is 1. The fraction of sp³-hybridized carbons (Fsp3) is 0.259. The number of carbonyl (C=O) groups excluding carboxylic acids is 2. The van der Waals surface area contributed by atoms with Crippen molar-refractivity contribution in [3.05, 3.63) is 77.6 Å². The molecule has 0 aliphatic rings. The SMILES string of the molecule is CC(=O)c1ccc(NC(=O)CSc2cc(C(C)(C)C)nc3c(-c4ccccc4)c(C)nn23)cc1. The van der Waals surface area contributed by atoms with Crippen molar-refractivity contribution in [2.45, 2.75) is 45.1 Å². The number of aromatic nitrogens is 3. The number of fused-ring (bicyclic) bond motifs is 1. The Kier molecular flexibility index (Phi) is 6.57. The zero-order valence-electron chi connectivity index (χ0n) is 20.0. The van der Waals surface area contributed by atoms with Crippen molar-refractivity contribution in [3.8, 4) is 11.1 Å². The number of carbonyl (C=O) groups is 2. The first kappa shape index (κ1) is 23.7. The number of aryl methyl sites for hydroxylation is 1. The Morgan fingerprint density at radius 1 is 1.03 bits per heavy atom. The van der Waals surface area contributed by atoms with Crippen LogP contribution >= 0.6 is 11.8 Å². The highest BCUT2D eigenvalue weighted by molar-refractivity contribution is 7.99. The summed E-state index contributed by atoms with van der Waals surface area (Å²) in [6.45, 7) is 9.89. The van der Waals surface area contributed by atoms with Crippen LogP contribution in [0, 0.1) is 6.92 Å². The first-order valence-corrected chi connectivity index (χ1v) is 12.1. The van der Waals surface area contributed by atoms with Crippen LogP contribution in [0.3, 0.4) is 0 Å². The predicted molar refractivity (Wildman–Crippen MR) is 138 cm³/mol. The molecule has 0 atom stereocenters. The zero-order valence-corrected chi connectivity index (χ0v) is 20.9. The lowest BCUT2D eigenvalue weighted by atomic mass is 9.92. The number of hydrogen-bond acceptors (Lipinski definition) is 5. The summed E-state index contributed by atoms with van der Waals surface area (Å²) in [5.41, 5.74) is 5.81. The van der Waals surface area contributed by atoms with Crippen molar-refractivity contribution in [2.75, 3.05) is 11.1 Å². The second-order valence-corrected chi connectivity index (χ2v) is 10.3. The highest BCUT2D eigenvalue weighted by Crippen LogP contribution is 2.33. The Morgan fingerprint density at radius 2 is 1.71 bits per heavy atom. The maximum absolute atomic E-state index is 12.7. The van der Waals surface area contributed by atoms with Gasteiger partial charge in [0.15, 0.2) is 11.4 Å². The molecular formula is C27H28N4O2S. The second-order valence-electron chi connectivity index (χ2n) is 9.26. The van der Waals surface area contributed by atoms with E-state index in [2.05, 4.69) is 38.2 Å². The van der Waals surface area contributed by atoms with Gasteiger partial charge in [-0.15, -0.1) is 0 Å². The topological polar surface area (TPSA) is 76.4 Å². The maximum atomic E-state index is 12.7. The fourth-order valence-corrected chi connectivity index (χ4v) is 4.45. The summed E-state index contributed by atoms with van der Waals surface area (Å²) in [6, 6.07) is 19.1. The van der Waals surface area contributed by atoms with E-state index in [1.807, 2.05) is 35.7 Å². The summed E-state index contributed by atoms with van der Waals surface area (Å²) in [5, 5.41) is 8.53. The Hall–Kier alpha value is -3.45. The fourth-order valence-electron chi connectivity index (χ4n) is 3.65. The van der Waals surface area contributed by atoms with Gasteiger partial charge in [-0.1, -0.05) is 62.9 Å². The van der Waals surface area contributed by atoms with Gasteiger partial charge in [0.05, 0.1) is 17.1 Å². The molecule has 2 aromatic heterocycles. The number of amides is 1. The number of benzene rings is 2. The first-order chi connectivity index (χ1) is 16.1. The number of ketones is 1. The monoisotopic (exact) mass is 472 g/mol. The van der Waals surface area contributed by atoms with Gasteiger partial charge in [0.1, 0.15) is 5.03 Å². The van der Waals surface area contributed by atoms with Gasteiger partial charge in [0.25, 0.3) is 0 Å². The summed E-state index contributed by atoms with van der Waals surface area (Å²) >= 11 is 1.43. The molecule has 1 amide bonds. The lowest BCUT2D eigenvalue weighted by Crippen LogP contribution is -2.17. The van der Waals surface area contributed by atoms with Crippen molar-refractivity contribution in [2.24, 2.45) is 0 Å². The molecule has 1 N–H and O–H groups in total. The van der Waals surface area contributed by atoms with Crippen molar-refractivity contribution < 1.29 is 9.59 Å². The van der Waals surface area contributed by atoms with Crippen molar-refractivity contribution in [1.29, 1.82) is 0 Å². The molecule has 174 valence electrons. The van der Waals surface area contributed by atoms with Gasteiger partial charge in [-0.05, 0) is 49.7 Å². The lowest BCUT2D eigenvalue weighted by Gasteiger charge is -2.19.